The molecule has 0 fully saturated rings. The van der Waals surface area contributed by atoms with Gasteiger partial charge in [-0.2, -0.15) is 0 Å². The lowest BCUT2D eigenvalue weighted by Gasteiger charge is -2.38. The summed E-state index contributed by atoms with van der Waals surface area (Å²) in [5.41, 5.74) is 1.17. The fraction of sp³-hybridized carbons (Fsp3) is 0.148. The van der Waals surface area contributed by atoms with E-state index in [9.17, 15) is 13.2 Å². The third-order valence-electron chi connectivity index (χ3n) is 6.25. The quantitative estimate of drug-likeness (QED) is 0.481. The van der Waals surface area contributed by atoms with E-state index in [1.165, 1.54) is 6.07 Å². The Bertz CT molecular complexity index is 1460. The van der Waals surface area contributed by atoms with Crippen molar-refractivity contribution in [2.75, 3.05) is 6.61 Å². The van der Waals surface area contributed by atoms with E-state index in [0.717, 1.165) is 16.5 Å². The summed E-state index contributed by atoms with van der Waals surface area (Å²) in [7, 11) is -4.13. The standard InChI is InChI=1S/C27H23NO4S/c1-19-14-15-24-23(18-19)27(16-17-32-24,21-10-3-2-4-11-21)26(29)28-33(30,31)25-13-7-9-20-8-5-6-12-22(20)25/h2-15,18H,16-17H2,1H3,(H,28,29). The Morgan fingerprint density at radius 3 is 2.45 bits per heavy atom. The zero-order valence-electron chi connectivity index (χ0n) is 18.1. The summed E-state index contributed by atoms with van der Waals surface area (Å²) in [6.45, 7) is 2.24. The van der Waals surface area contributed by atoms with Crippen molar-refractivity contribution in [3.05, 3.63) is 108 Å². The molecule has 5 nitrogen and oxygen atoms in total. The van der Waals surface area contributed by atoms with E-state index in [1.54, 1.807) is 18.2 Å². The van der Waals surface area contributed by atoms with Gasteiger partial charge in [0.1, 0.15) is 11.2 Å². The zero-order chi connectivity index (χ0) is 23.1. The summed E-state index contributed by atoms with van der Waals surface area (Å²) in [6, 6.07) is 27.3. The fourth-order valence-corrected chi connectivity index (χ4v) is 5.90. The molecule has 0 bridgehead atoms. The van der Waals surface area contributed by atoms with Crippen molar-refractivity contribution in [3.8, 4) is 5.75 Å². The topological polar surface area (TPSA) is 72.5 Å². The first-order valence-corrected chi connectivity index (χ1v) is 12.2. The second kappa shape index (κ2) is 8.05. The molecule has 1 heterocycles. The average molecular weight is 458 g/mol. The monoisotopic (exact) mass is 457 g/mol. The van der Waals surface area contributed by atoms with Crippen molar-refractivity contribution in [1.82, 2.24) is 4.72 Å². The lowest BCUT2D eigenvalue weighted by Crippen LogP contribution is -2.50. The van der Waals surface area contributed by atoms with Crippen LogP contribution in [0.1, 0.15) is 23.1 Å². The highest BCUT2D eigenvalue weighted by Crippen LogP contribution is 2.44. The Kier molecular flexibility index (Phi) is 5.17. The number of rotatable bonds is 4. The Balaban J connectivity index is 1.66. The molecule has 0 aliphatic carbocycles. The molecule has 1 amide bonds. The molecule has 1 aliphatic rings. The number of sulfonamides is 1. The first kappa shape index (κ1) is 21.2. The number of hydrogen-bond donors (Lipinski definition) is 1. The Hall–Kier alpha value is -3.64. The highest BCUT2D eigenvalue weighted by Gasteiger charge is 2.47. The van der Waals surface area contributed by atoms with Crippen LogP contribution < -0.4 is 9.46 Å². The Labute approximate surface area is 193 Å². The average Bonchev–Trinajstić information content (AvgIpc) is 2.83. The molecular formula is C27H23NO4S. The minimum absolute atomic E-state index is 0.0775. The highest BCUT2D eigenvalue weighted by molar-refractivity contribution is 7.90. The normalized spacial score (nSPS) is 17.7. The van der Waals surface area contributed by atoms with E-state index in [-0.39, 0.29) is 4.90 Å². The van der Waals surface area contributed by atoms with Gasteiger partial charge < -0.3 is 4.74 Å². The van der Waals surface area contributed by atoms with Crippen LogP contribution in [-0.4, -0.2) is 20.9 Å². The molecule has 4 aromatic carbocycles. The largest absolute Gasteiger partial charge is 0.493 e. The van der Waals surface area contributed by atoms with Gasteiger partial charge in [-0.15, -0.1) is 0 Å². The number of aryl methyl sites for hydroxylation is 1. The third kappa shape index (κ3) is 3.56. The molecule has 1 unspecified atom stereocenters. The number of benzene rings is 4. The summed E-state index contributed by atoms with van der Waals surface area (Å²) in [4.78, 5) is 14.1. The van der Waals surface area contributed by atoms with E-state index >= 15 is 0 Å². The number of amides is 1. The summed E-state index contributed by atoms with van der Waals surface area (Å²) in [5.74, 6) is 0.00481. The van der Waals surface area contributed by atoms with Gasteiger partial charge in [-0.1, -0.05) is 84.4 Å². The number of ether oxygens (including phenoxy) is 1. The van der Waals surface area contributed by atoms with Crippen molar-refractivity contribution in [1.29, 1.82) is 0 Å². The van der Waals surface area contributed by atoms with Crippen molar-refractivity contribution in [2.24, 2.45) is 0 Å². The molecule has 1 N–H and O–H groups in total. The van der Waals surface area contributed by atoms with Crippen molar-refractivity contribution < 1.29 is 17.9 Å². The van der Waals surface area contributed by atoms with Gasteiger partial charge in [-0.3, -0.25) is 4.79 Å². The van der Waals surface area contributed by atoms with E-state index < -0.39 is 21.3 Å². The first-order chi connectivity index (χ1) is 15.9. The predicted octanol–water partition coefficient (Wildman–Crippen LogP) is 4.72. The van der Waals surface area contributed by atoms with Crippen LogP contribution in [-0.2, 0) is 20.2 Å². The molecule has 0 aromatic heterocycles. The highest BCUT2D eigenvalue weighted by atomic mass is 32.2. The first-order valence-electron chi connectivity index (χ1n) is 10.8. The molecule has 4 aromatic rings. The lowest BCUT2D eigenvalue weighted by molar-refractivity contribution is -0.124. The number of fused-ring (bicyclic) bond motifs is 2. The van der Waals surface area contributed by atoms with E-state index in [0.29, 0.717) is 29.7 Å². The summed E-state index contributed by atoms with van der Waals surface area (Å²) in [6.07, 6.45) is 0.324. The Morgan fingerprint density at radius 2 is 1.64 bits per heavy atom. The summed E-state index contributed by atoms with van der Waals surface area (Å²) < 4.78 is 35.2. The number of hydrogen-bond acceptors (Lipinski definition) is 4. The maximum Gasteiger partial charge on any atom is 0.264 e. The maximum absolute atomic E-state index is 14.0. The maximum atomic E-state index is 14.0. The minimum Gasteiger partial charge on any atom is -0.493 e. The van der Waals surface area contributed by atoms with Gasteiger partial charge in [0.2, 0.25) is 5.91 Å². The zero-order valence-corrected chi connectivity index (χ0v) is 18.9. The third-order valence-corrected chi connectivity index (χ3v) is 7.64. The van der Waals surface area contributed by atoms with Gasteiger partial charge in [-0.05, 0) is 30.0 Å². The van der Waals surface area contributed by atoms with Gasteiger partial charge in [0, 0.05) is 17.4 Å². The molecule has 1 aliphatic heterocycles. The molecule has 0 saturated carbocycles. The lowest BCUT2D eigenvalue weighted by atomic mass is 9.70. The van der Waals surface area contributed by atoms with Crippen LogP contribution in [0.4, 0.5) is 0 Å². The van der Waals surface area contributed by atoms with E-state index in [1.807, 2.05) is 73.7 Å². The van der Waals surface area contributed by atoms with Crippen molar-refractivity contribution in [3.63, 3.8) is 0 Å². The number of carbonyl (C=O) groups excluding carboxylic acids is 1. The van der Waals surface area contributed by atoms with Crippen LogP contribution >= 0.6 is 0 Å². The smallest absolute Gasteiger partial charge is 0.264 e. The van der Waals surface area contributed by atoms with Gasteiger partial charge in [0.15, 0.2) is 0 Å². The SMILES string of the molecule is Cc1ccc2c(c1)C(C(=O)NS(=O)(=O)c1cccc3ccccc13)(c1ccccc1)CCO2. The van der Waals surface area contributed by atoms with Crippen LogP contribution in [0.2, 0.25) is 0 Å². The van der Waals surface area contributed by atoms with Crippen LogP contribution in [0.3, 0.4) is 0 Å². The van der Waals surface area contributed by atoms with Gasteiger partial charge in [-0.25, -0.2) is 13.1 Å². The molecule has 166 valence electrons. The van der Waals surface area contributed by atoms with Gasteiger partial charge in [0.05, 0.1) is 11.5 Å². The fourth-order valence-electron chi connectivity index (χ4n) is 4.64. The molecule has 0 radical (unpaired) electrons. The molecule has 6 heteroatoms. The van der Waals surface area contributed by atoms with Gasteiger partial charge in [0.25, 0.3) is 10.0 Å². The summed E-state index contributed by atoms with van der Waals surface area (Å²) in [5, 5.41) is 1.36. The van der Waals surface area contributed by atoms with Crippen molar-refractivity contribution >= 4 is 26.7 Å². The van der Waals surface area contributed by atoms with Crippen LogP contribution in [0.25, 0.3) is 10.8 Å². The summed E-state index contributed by atoms with van der Waals surface area (Å²) >= 11 is 0. The molecule has 0 saturated heterocycles. The Morgan fingerprint density at radius 1 is 0.909 bits per heavy atom. The number of nitrogens with one attached hydrogen (secondary N) is 1. The second-order valence-electron chi connectivity index (χ2n) is 8.28. The van der Waals surface area contributed by atoms with Crippen LogP contribution in [0.15, 0.2) is 95.9 Å². The predicted molar refractivity (Wildman–Crippen MR) is 128 cm³/mol. The second-order valence-corrected chi connectivity index (χ2v) is 9.93. The minimum atomic E-state index is -4.13. The van der Waals surface area contributed by atoms with Crippen LogP contribution in [0.5, 0.6) is 5.75 Å². The molecule has 1 atom stereocenters. The van der Waals surface area contributed by atoms with Gasteiger partial charge >= 0.3 is 0 Å². The molecular weight excluding hydrogens is 434 g/mol. The van der Waals surface area contributed by atoms with Crippen molar-refractivity contribution in [2.45, 2.75) is 23.7 Å². The molecule has 0 spiro atoms. The molecule has 5 rings (SSSR count). The van der Waals surface area contributed by atoms with Crippen LogP contribution in [0, 0.1) is 6.92 Å². The van der Waals surface area contributed by atoms with E-state index in [2.05, 4.69) is 4.72 Å². The molecule has 33 heavy (non-hydrogen) atoms. The number of carbonyl (C=O) groups is 1. The van der Waals surface area contributed by atoms with E-state index in [4.69, 9.17) is 4.74 Å².